The number of rotatable bonds is 4. The number of esters is 1. The molecule has 0 N–H and O–H groups in total. The summed E-state index contributed by atoms with van der Waals surface area (Å²) in [6.07, 6.45) is 1.67. The Morgan fingerprint density at radius 1 is 1.30 bits per heavy atom. The van der Waals surface area contributed by atoms with Gasteiger partial charge in [0.05, 0.1) is 7.11 Å². The number of carbonyl (C=O) groups excluding carboxylic acids is 1. The molecular weight excluding hydrogens is 316 g/mol. The standard InChI is InChI=1S/C17H15ClN2O3/c1-11-4-3-5-16-19-14(9-20(11)16)17(21)23-10-12-8-13(18)6-7-15(12)22-2/h3-9H,10H2,1-2H3. The monoisotopic (exact) mass is 330 g/mol. The minimum atomic E-state index is -0.491. The lowest BCUT2D eigenvalue weighted by molar-refractivity contribution is 0.0464. The SMILES string of the molecule is COc1ccc(Cl)cc1COC(=O)c1cn2c(C)cccc2n1. The van der Waals surface area contributed by atoms with E-state index in [1.165, 1.54) is 0 Å². The zero-order chi connectivity index (χ0) is 16.4. The van der Waals surface area contributed by atoms with Gasteiger partial charge in [-0.2, -0.15) is 0 Å². The number of hydrogen-bond acceptors (Lipinski definition) is 4. The first kappa shape index (κ1) is 15.4. The van der Waals surface area contributed by atoms with Gasteiger partial charge in [-0.15, -0.1) is 0 Å². The summed E-state index contributed by atoms with van der Waals surface area (Å²) in [7, 11) is 1.56. The summed E-state index contributed by atoms with van der Waals surface area (Å²) < 4.78 is 12.4. The third-order valence-corrected chi connectivity index (χ3v) is 3.74. The van der Waals surface area contributed by atoms with Gasteiger partial charge < -0.3 is 13.9 Å². The van der Waals surface area contributed by atoms with Gasteiger partial charge >= 0.3 is 5.97 Å². The quantitative estimate of drug-likeness (QED) is 0.685. The van der Waals surface area contributed by atoms with Gasteiger partial charge in [-0.1, -0.05) is 17.7 Å². The van der Waals surface area contributed by atoms with Crippen molar-refractivity contribution in [3.8, 4) is 5.75 Å². The molecule has 0 aliphatic carbocycles. The van der Waals surface area contributed by atoms with Crippen molar-refractivity contribution in [3.63, 3.8) is 0 Å². The molecule has 0 saturated heterocycles. The van der Waals surface area contributed by atoms with Crippen LogP contribution in [0.5, 0.6) is 5.75 Å². The number of aromatic nitrogens is 2. The molecule has 5 nitrogen and oxygen atoms in total. The highest BCUT2D eigenvalue weighted by molar-refractivity contribution is 6.30. The number of aryl methyl sites for hydroxylation is 1. The zero-order valence-corrected chi connectivity index (χ0v) is 13.5. The van der Waals surface area contributed by atoms with Crippen LogP contribution in [0.1, 0.15) is 21.7 Å². The maximum atomic E-state index is 12.2. The lowest BCUT2D eigenvalue weighted by Crippen LogP contribution is -2.06. The summed E-state index contributed by atoms with van der Waals surface area (Å²) in [6.45, 7) is 2.01. The molecule has 0 aliphatic rings. The molecule has 6 heteroatoms. The highest BCUT2D eigenvalue weighted by Crippen LogP contribution is 2.23. The lowest BCUT2D eigenvalue weighted by atomic mass is 10.2. The third-order valence-electron chi connectivity index (χ3n) is 3.51. The Bertz CT molecular complexity index is 873. The number of benzene rings is 1. The van der Waals surface area contributed by atoms with Crippen molar-refractivity contribution in [3.05, 3.63) is 64.6 Å². The minimum Gasteiger partial charge on any atom is -0.496 e. The fourth-order valence-electron chi connectivity index (χ4n) is 2.32. The Labute approximate surface area is 138 Å². The molecule has 0 aliphatic heterocycles. The van der Waals surface area contributed by atoms with Gasteiger partial charge in [0.1, 0.15) is 18.0 Å². The van der Waals surface area contributed by atoms with E-state index >= 15 is 0 Å². The van der Waals surface area contributed by atoms with Crippen molar-refractivity contribution in [2.24, 2.45) is 0 Å². The molecule has 0 atom stereocenters. The van der Waals surface area contributed by atoms with Gasteiger partial charge in [0.15, 0.2) is 5.69 Å². The van der Waals surface area contributed by atoms with Crippen molar-refractivity contribution in [2.75, 3.05) is 7.11 Å². The van der Waals surface area contributed by atoms with Gasteiger partial charge in [0, 0.05) is 22.5 Å². The Kier molecular flexibility index (Phi) is 4.21. The molecule has 0 radical (unpaired) electrons. The second kappa shape index (κ2) is 6.30. The topological polar surface area (TPSA) is 52.8 Å². The molecule has 2 heterocycles. The number of halogens is 1. The number of ether oxygens (including phenoxy) is 2. The largest absolute Gasteiger partial charge is 0.496 e. The highest BCUT2D eigenvalue weighted by atomic mass is 35.5. The molecule has 2 aromatic heterocycles. The maximum absolute atomic E-state index is 12.2. The van der Waals surface area contributed by atoms with E-state index in [1.54, 1.807) is 31.5 Å². The Morgan fingerprint density at radius 3 is 2.87 bits per heavy atom. The van der Waals surface area contributed by atoms with Crippen molar-refractivity contribution in [2.45, 2.75) is 13.5 Å². The van der Waals surface area contributed by atoms with Crippen LogP contribution in [0, 0.1) is 6.92 Å². The van der Waals surface area contributed by atoms with Crippen molar-refractivity contribution < 1.29 is 14.3 Å². The second-order valence-corrected chi connectivity index (χ2v) is 5.49. The number of pyridine rings is 1. The van der Waals surface area contributed by atoms with E-state index in [0.29, 0.717) is 22.0 Å². The van der Waals surface area contributed by atoms with E-state index < -0.39 is 5.97 Å². The van der Waals surface area contributed by atoms with Gasteiger partial charge in [0.2, 0.25) is 0 Å². The van der Waals surface area contributed by atoms with Crippen LogP contribution >= 0.6 is 11.6 Å². The van der Waals surface area contributed by atoms with Crippen LogP contribution < -0.4 is 4.74 Å². The fourth-order valence-corrected chi connectivity index (χ4v) is 2.52. The van der Waals surface area contributed by atoms with E-state index in [1.807, 2.05) is 29.5 Å². The Hall–Kier alpha value is -2.53. The molecule has 23 heavy (non-hydrogen) atoms. The molecule has 118 valence electrons. The summed E-state index contributed by atoms with van der Waals surface area (Å²) in [5, 5.41) is 0.556. The van der Waals surface area contributed by atoms with Crippen LogP contribution in [-0.4, -0.2) is 22.5 Å². The molecule has 0 fully saturated rings. The van der Waals surface area contributed by atoms with Gasteiger partial charge in [-0.25, -0.2) is 9.78 Å². The smallest absolute Gasteiger partial charge is 0.358 e. The number of fused-ring (bicyclic) bond motifs is 1. The van der Waals surface area contributed by atoms with Crippen LogP contribution in [0.4, 0.5) is 0 Å². The fraction of sp³-hybridized carbons (Fsp3) is 0.176. The summed E-state index contributed by atoms with van der Waals surface area (Å²) in [4.78, 5) is 16.5. The molecule has 0 unspecified atom stereocenters. The molecule has 0 saturated carbocycles. The molecule has 0 spiro atoms. The summed E-state index contributed by atoms with van der Waals surface area (Å²) in [5.41, 5.74) is 2.66. The Balaban J connectivity index is 1.79. The van der Waals surface area contributed by atoms with Crippen molar-refractivity contribution in [1.29, 1.82) is 0 Å². The van der Waals surface area contributed by atoms with Crippen LogP contribution in [0.15, 0.2) is 42.6 Å². The van der Waals surface area contributed by atoms with Crippen LogP contribution in [0.25, 0.3) is 5.65 Å². The van der Waals surface area contributed by atoms with E-state index in [0.717, 1.165) is 5.69 Å². The first-order valence-corrected chi connectivity index (χ1v) is 7.40. The van der Waals surface area contributed by atoms with Crippen LogP contribution in [0.2, 0.25) is 5.02 Å². The summed E-state index contributed by atoms with van der Waals surface area (Å²) in [5.74, 6) is 0.128. The lowest BCUT2D eigenvalue weighted by Gasteiger charge is -2.09. The number of nitrogens with zero attached hydrogens (tertiary/aromatic N) is 2. The number of imidazole rings is 1. The third kappa shape index (κ3) is 3.14. The van der Waals surface area contributed by atoms with Gasteiger partial charge in [-0.05, 0) is 37.3 Å². The number of methoxy groups -OCH3 is 1. The molecular formula is C17H15ClN2O3. The van der Waals surface area contributed by atoms with E-state index in [9.17, 15) is 4.79 Å². The maximum Gasteiger partial charge on any atom is 0.358 e. The molecule has 0 bridgehead atoms. The van der Waals surface area contributed by atoms with Crippen LogP contribution in [-0.2, 0) is 11.3 Å². The summed E-state index contributed by atoms with van der Waals surface area (Å²) >= 11 is 5.97. The molecule has 3 rings (SSSR count). The van der Waals surface area contributed by atoms with E-state index in [-0.39, 0.29) is 12.3 Å². The van der Waals surface area contributed by atoms with Crippen molar-refractivity contribution in [1.82, 2.24) is 9.38 Å². The van der Waals surface area contributed by atoms with Gasteiger partial charge in [0.25, 0.3) is 0 Å². The normalized spacial score (nSPS) is 10.7. The molecule has 1 aromatic carbocycles. The average Bonchev–Trinajstić information content (AvgIpc) is 2.98. The van der Waals surface area contributed by atoms with E-state index in [2.05, 4.69) is 4.98 Å². The minimum absolute atomic E-state index is 0.0649. The first-order chi connectivity index (χ1) is 11.1. The van der Waals surface area contributed by atoms with Crippen molar-refractivity contribution >= 4 is 23.2 Å². The number of carbonyl (C=O) groups is 1. The zero-order valence-electron chi connectivity index (χ0n) is 12.7. The van der Waals surface area contributed by atoms with E-state index in [4.69, 9.17) is 21.1 Å². The highest BCUT2D eigenvalue weighted by Gasteiger charge is 2.14. The predicted octanol–water partition coefficient (Wildman–Crippen LogP) is 3.66. The first-order valence-electron chi connectivity index (χ1n) is 7.03. The van der Waals surface area contributed by atoms with Crippen LogP contribution in [0.3, 0.4) is 0 Å². The number of hydrogen-bond donors (Lipinski definition) is 0. The predicted molar refractivity (Wildman–Crippen MR) is 87.1 cm³/mol. The molecule has 3 aromatic rings. The summed E-state index contributed by atoms with van der Waals surface area (Å²) in [6, 6.07) is 10.8. The second-order valence-electron chi connectivity index (χ2n) is 5.05. The molecule has 0 amide bonds. The van der Waals surface area contributed by atoms with Gasteiger partial charge in [-0.3, -0.25) is 0 Å². The average molecular weight is 331 g/mol. The Morgan fingerprint density at radius 2 is 2.13 bits per heavy atom.